The molecule has 1 aromatic carbocycles. The fourth-order valence-corrected chi connectivity index (χ4v) is 4.12. The van der Waals surface area contributed by atoms with E-state index in [-0.39, 0.29) is 24.5 Å². The second-order valence-corrected chi connectivity index (χ2v) is 7.22. The lowest BCUT2D eigenvalue weighted by Crippen LogP contribution is -2.49. The number of urea groups is 1. The number of nitrogens with zero attached hydrogens (tertiary/aromatic N) is 2. The number of carbonyl (C=O) groups is 3. The van der Waals surface area contributed by atoms with E-state index in [0.29, 0.717) is 32.5 Å². The first-order valence-electron chi connectivity index (χ1n) is 9.17. The molecule has 1 spiro atoms. The first kappa shape index (κ1) is 17.0. The van der Waals surface area contributed by atoms with Crippen LogP contribution >= 0.6 is 0 Å². The van der Waals surface area contributed by atoms with Crippen molar-refractivity contribution in [2.24, 2.45) is 0 Å². The first-order chi connectivity index (χ1) is 12.6. The fourth-order valence-electron chi connectivity index (χ4n) is 4.12. The maximum absolute atomic E-state index is 12.7. The Morgan fingerprint density at radius 2 is 1.92 bits per heavy atom. The smallest absolute Gasteiger partial charge is 0.325 e. The van der Waals surface area contributed by atoms with E-state index < -0.39 is 11.6 Å². The standard InChI is InChI=1S/C19H23N3O4/c23-16(13-22-17(24)19(20-18(22)25)8-4-5-9-19)21-10-11-26-15(12-21)14-6-2-1-3-7-14/h1-3,6-7,15H,4-5,8-13H2,(H,20,25)/t15-/m1/s1. The molecule has 0 bridgehead atoms. The highest BCUT2D eigenvalue weighted by Gasteiger charge is 2.52. The van der Waals surface area contributed by atoms with Crippen LogP contribution in [0.2, 0.25) is 0 Å². The molecule has 3 aliphatic rings. The summed E-state index contributed by atoms with van der Waals surface area (Å²) in [6.07, 6.45) is 3.00. The van der Waals surface area contributed by atoms with E-state index in [1.807, 2.05) is 30.3 Å². The van der Waals surface area contributed by atoms with Gasteiger partial charge in [0.05, 0.1) is 13.2 Å². The highest BCUT2D eigenvalue weighted by atomic mass is 16.5. The molecule has 2 aliphatic heterocycles. The Balaban J connectivity index is 1.41. The zero-order chi connectivity index (χ0) is 18.1. The van der Waals surface area contributed by atoms with Gasteiger partial charge in [-0.1, -0.05) is 43.2 Å². The molecular weight excluding hydrogens is 334 g/mol. The van der Waals surface area contributed by atoms with E-state index in [9.17, 15) is 14.4 Å². The lowest BCUT2D eigenvalue weighted by Gasteiger charge is -2.34. The molecule has 1 atom stereocenters. The summed E-state index contributed by atoms with van der Waals surface area (Å²) in [6, 6.07) is 9.31. The molecule has 7 nitrogen and oxygen atoms in total. The summed E-state index contributed by atoms with van der Waals surface area (Å²) < 4.78 is 5.78. The van der Waals surface area contributed by atoms with Gasteiger partial charge in [0, 0.05) is 6.54 Å². The molecule has 0 aromatic heterocycles. The van der Waals surface area contributed by atoms with Crippen LogP contribution in [0, 0.1) is 0 Å². The molecule has 2 heterocycles. The second kappa shape index (κ2) is 6.72. The van der Waals surface area contributed by atoms with E-state index in [0.717, 1.165) is 23.3 Å². The minimum Gasteiger partial charge on any atom is -0.370 e. The summed E-state index contributed by atoms with van der Waals surface area (Å²) in [5.74, 6) is -0.464. The average molecular weight is 357 g/mol. The highest BCUT2D eigenvalue weighted by molar-refractivity contribution is 6.09. The molecule has 4 amide bonds. The van der Waals surface area contributed by atoms with E-state index in [4.69, 9.17) is 4.74 Å². The molecule has 3 fully saturated rings. The largest absolute Gasteiger partial charge is 0.370 e. The lowest BCUT2D eigenvalue weighted by atomic mass is 9.98. The molecule has 0 radical (unpaired) electrons. The number of hydrogen-bond acceptors (Lipinski definition) is 4. The van der Waals surface area contributed by atoms with E-state index in [2.05, 4.69) is 5.32 Å². The van der Waals surface area contributed by atoms with Gasteiger partial charge in [0.25, 0.3) is 5.91 Å². The number of benzene rings is 1. The molecule has 7 heteroatoms. The minimum atomic E-state index is -0.769. The van der Waals surface area contributed by atoms with Gasteiger partial charge < -0.3 is 15.0 Å². The monoisotopic (exact) mass is 357 g/mol. The van der Waals surface area contributed by atoms with Crippen molar-refractivity contribution >= 4 is 17.8 Å². The van der Waals surface area contributed by atoms with Gasteiger partial charge in [-0.2, -0.15) is 0 Å². The van der Waals surface area contributed by atoms with Gasteiger partial charge in [0.1, 0.15) is 18.2 Å². The molecule has 1 aliphatic carbocycles. The van der Waals surface area contributed by atoms with E-state index >= 15 is 0 Å². The summed E-state index contributed by atoms with van der Waals surface area (Å²) in [4.78, 5) is 40.4. The number of morpholine rings is 1. The number of nitrogens with one attached hydrogen (secondary N) is 1. The normalized spacial score (nSPS) is 25.0. The van der Waals surface area contributed by atoms with E-state index in [1.165, 1.54) is 0 Å². The molecule has 4 rings (SSSR count). The fraction of sp³-hybridized carbons (Fsp3) is 0.526. The number of hydrogen-bond donors (Lipinski definition) is 1. The Morgan fingerprint density at radius 1 is 1.19 bits per heavy atom. The lowest BCUT2D eigenvalue weighted by molar-refractivity contribution is -0.143. The Bertz CT molecular complexity index is 715. The van der Waals surface area contributed by atoms with Crippen molar-refractivity contribution in [1.82, 2.24) is 15.1 Å². The Labute approximate surface area is 152 Å². The zero-order valence-electron chi connectivity index (χ0n) is 14.6. The Kier molecular flexibility index (Phi) is 4.40. The SMILES string of the molecule is O=C(CN1C(=O)NC2(CCCC2)C1=O)N1CCO[C@@H](c2ccccc2)C1. The summed E-state index contributed by atoms with van der Waals surface area (Å²) in [7, 11) is 0. The summed E-state index contributed by atoms with van der Waals surface area (Å²) in [5.41, 5.74) is 0.250. The number of amides is 4. The first-order valence-corrected chi connectivity index (χ1v) is 9.17. The number of carbonyl (C=O) groups excluding carboxylic acids is 3. The maximum atomic E-state index is 12.7. The predicted molar refractivity (Wildman–Crippen MR) is 93.2 cm³/mol. The third-order valence-corrected chi connectivity index (χ3v) is 5.59. The van der Waals surface area contributed by atoms with Crippen LogP contribution in [0.3, 0.4) is 0 Å². The van der Waals surface area contributed by atoms with Crippen molar-refractivity contribution in [1.29, 1.82) is 0 Å². The Morgan fingerprint density at radius 3 is 2.65 bits per heavy atom. The van der Waals surface area contributed by atoms with Gasteiger partial charge >= 0.3 is 6.03 Å². The molecule has 2 saturated heterocycles. The minimum absolute atomic E-state index is 0.182. The van der Waals surface area contributed by atoms with Crippen molar-refractivity contribution in [3.8, 4) is 0 Å². The molecule has 1 N–H and O–H groups in total. The second-order valence-electron chi connectivity index (χ2n) is 7.22. The van der Waals surface area contributed by atoms with Crippen LogP contribution in [0.1, 0.15) is 37.4 Å². The third-order valence-electron chi connectivity index (χ3n) is 5.59. The van der Waals surface area contributed by atoms with Crippen LogP contribution in [0.4, 0.5) is 4.79 Å². The number of ether oxygens (including phenoxy) is 1. The number of imide groups is 1. The average Bonchev–Trinajstić information content (AvgIpc) is 3.23. The third kappa shape index (κ3) is 2.96. The van der Waals surface area contributed by atoms with Crippen molar-refractivity contribution in [2.75, 3.05) is 26.2 Å². The predicted octanol–water partition coefficient (Wildman–Crippen LogP) is 1.45. The van der Waals surface area contributed by atoms with Gasteiger partial charge in [-0.05, 0) is 18.4 Å². The van der Waals surface area contributed by atoms with Gasteiger partial charge in [0.2, 0.25) is 5.91 Å². The molecule has 1 saturated carbocycles. The zero-order valence-corrected chi connectivity index (χ0v) is 14.6. The van der Waals surface area contributed by atoms with Crippen molar-refractivity contribution < 1.29 is 19.1 Å². The molecule has 1 aromatic rings. The van der Waals surface area contributed by atoms with Gasteiger partial charge in [0.15, 0.2) is 0 Å². The quantitative estimate of drug-likeness (QED) is 0.831. The molecular formula is C19H23N3O4. The van der Waals surface area contributed by atoms with Crippen molar-refractivity contribution in [3.63, 3.8) is 0 Å². The maximum Gasteiger partial charge on any atom is 0.325 e. The highest BCUT2D eigenvalue weighted by Crippen LogP contribution is 2.35. The van der Waals surface area contributed by atoms with Gasteiger partial charge in [-0.3, -0.25) is 14.5 Å². The van der Waals surface area contributed by atoms with Crippen LogP contribution in [-0.4, -0.2) is 59.4 Å². The van der Waals surface area contributed by atoms with Gasteiger partial charge in [-0.15, -0.1) is 0 Å². The van der Waals surface area contributed by atoms with Crippen molar-refractivity contribution in [3.05, 3.63) is 35.9 Å². The topological polar surface area (TPSA) is 79.0 Å². The van der Waals surface area contributed by atoms with Crippen LogP contribution in [0.15, 0.2) is 30.3 Å². The summed E-state index contributed by atoms with van der Waals surface area (Å²) >= 11 is 0. The van der Waals surface area contributed by atoms with Crippen molar-refractivity contribution in [2.45, 2.75) is 37.3 Å². The van der Waals surface area contributed by atoms with Crippen LogP contribution in [0.5, 0.6) is 0 Å². The summed E-state index contributed by atoms with van der Waals surface area (Å²) in [6.45, 7) is 1.14. The van der Waals surface area contributed by atoms with Crippen LogP contribution in [0.25, 0.3) is 0 Å². The Hall–Kier alpha value is -2.41. The molecule has 138 valence electrons. The molecule has 0 unspecified atom stereocenters. The molecule has 26 heavy (non-hydrogen) atoms. The van der Waals surface area contributed by atoms with Gasteiger partial charge in [-0.25, -0.2) is 4.79 Å². The van der Waals surface area contributed by atoms with Crippen LogP contribution < -0.4 is 5.32 Å². The number of rotatable bonds is 3. The summed E-state index contributed by atoms with van der Waals surface area (Å²) in [5, 5.41) is 2.81. The van der Waals surface area contributed by atoms with E-state index in [1.54, 1.807) is 4.90 Å². The van der Waals surface area contributed by atoms with Crippen LogP contribution in [-0.2, 0) is 14.3 Å².